The first-order chi connectivity index (χ1) is 12.8. The average Bonchev–Trinajstić information content (AvgIpc) is 3.23. The van der Waals surface area contributed by atoms with Gasteiger partial charge in [-0.2, -0.15) is 13.2 Å². The zero-order valence-electron chi connectivity index (χ0n) is 14.9. The highest BCUT2D eigenvalue weighted by molar-refractivity contribution is 6.02. The number of halogens is 3. The topological polar surface area (TPSA) is 63.0 Å². The van der Waals surface area contributed by atoms with E-state index in [0.29, 0.717) is 24.2 Å². The normalized spacial score (nSPS) is 22.0. The lowest BCUT2D eigenvalue weighted by molar-refractivity contribution is -0.126. The predicted molar refractivity (Wildman–Crippen MR) is 96.4 cm³/mol. The molecule has 0 bridgehead atoms. The summed E-state index contributed by atoms with van der Waals surface area (Å²) in [5.74, 6) is 0.532. The quantitative estimate of drug-likeness (QED) is 0.723. The van der Waals surface area contributed by atoms with Gasteiger partial charge in [0.2, 0.25) is 0 Å². The van der Waals surface area contributed by atoms with Gasteiger partial charge in [0.15, 0.2) is 0 Å². The van der Waals surface area contributed by atoms with Crippen molar-refractivity contribution in [3.8, 4) is 0 Å². The molecule has 1 aliphatic rings. The van der Waals surface area contributed by atoms with E-state index in [1.54, 1.807) is 13.1 Å². The minimum absolute atomic E-state index is 0.0175. The Labute approximate surface area is 154 Å². The number of para-hydroxylation sites is 1. The van der Waals surface area contributed by atoms with Gasteiger partial charge in [-0.3, -0.25) is 4.98 Å². The van der Waals surface area contributed by atoms with Crippen LogP contribution in [0, 0.1) is 0 Å². The summed E-state index contributed by atoms with van der Waals surface area (Å²) in [5, 5.41) is 13.8. The molecule has 3 aromatic rings. The predicted octanol–water partition coefficient (Wildman–Crippen LogP) is 3.88. The maximum Gasteiger partial charge on any atom is 0.401 e. The Morgan fingerprint density at radius 3 is 2.78 bits per heavy atom. The number of imidazole rings is 1. The number of aliphatic hydroxyl groups excluding tert-OH is 1. The summed E-state index contributed by atoms with van der Waals surface area (Å²) in [6.45, 7) is 0.673. The lowest BCUT2D eigenvalue weighted by atomic mass is 10.1. The van der Waals surface area contributed by atoms with Gasteiger partial charge >= 0.3 is 6.18 Å². The number of nitrogens with zero attached hydrogens (tertiary/aromatic N) is 3. The fourth-order valence-electron chi connectivity index (χ4n) is 4.05. The molecule has 3 atom stereocenters. The van der Waals surface area contributed by atoms with Crippen molar-refractivity contribution in [1.82, 2.24) is 19.9 Å². The standard InChI is InChI=1S/C19H21F3N4O/c1-11(27)18-25-16-9-23-15-5-3-2-4-14(15)17(16)26(18)13-7-6-12(8-13)24-10-19(20,21)22/h2-5,9,11-13,24,27H,6-8,10H2,1H3/t11-,12-,13+/m1/s1. The molecule has 0 saturated heterocycles. The molecule has 4 rings (SSSR count). The Morgan fingerprint density at radius 2 is 2.04 bits per heavy atom. The second-order valence-electron chi connectivity index (χ2n) is 7.19. The van der Waals surface area contributed by atoms with Gasteiger partial charge in [0, 0.05) is 17.5 Å². The van der Waals surface area contributed by atoms with Gasteiger partial charge in [0.1, 0.15) is 17.4 Å². The highest BCUT2D eigenvalue weighted by atomic mass is 19.4. The summed E-state index contributed by atoms with van der Waals surface area (Å²) in [6, 6.07) is 7.48. The molecule has 0 aliphatic heterocycles. The number of rotatable bonds is 4. The number of pyridine rings is 1. The summed E-state index contributed by atoms with van der Waals surface area (Å²) in [7, 11) is 0. The molecule has 1 aromatic carbocycles. The van der Waals surface area contributed by atoms with Crippen LogP contribution in [-0.2, 0) is 0 Å². The summed E-state index contributed by atoms with van der Waals surface area (Å²) in [6.07, 6.45) is -1.35. The molecule has 1 aliphatic carbocycles. The van der Waals surface area contributed by atoms with E-state index >= 15 is 0 Å². The van der Waals surface area contributed by atoms with E-state index in [0.717, 1.165) is 22.8 Å². The second-order valence-corrected chi connectivity index (χ2v) is 7.19. The first-order valence-electron chi connectivity index (χ1n) is 9.07. The summed E-state index contributed by atoms with van der Waals surface area (Å²) in [5.41, 5.74) is 2.40. The Balaban J connectivity index is 1.74. The molecule has 1 saturated carbocycles. The largest absolute Gasteiger partial charge is 0.401 e. The van der Waals surface area contributed by atoms with Gasteiger partial charge < -0.3 is 15.0 Å². The van der Waals surface area contributed by atoms with Crippen LogP contribution in [0.3, 0.4) is 0 Å². The van der Waals surface area contributed by atoms with Crippen LogP contribution in [0.5, 0.6) is 0 Å². The van der Waals surface area contributed by atoms with Gasteiger partial charge in [-0.1, -0.05) is 18.2 Å². The number of aliphatic hydroxyl groups is 1. The minimum atomic E-state index is -4.22. The zero-order chi connectivity index (χ0) is 19.2. The number of benzene rings is 1. The fourth-order valence-corrected chi connectivity index (χ4v) is 4.05. The van der Waals surface area contributed by atoms with Gasteiger partial charge in [-0.05, 0) is 32.3 Å². The maximum absolute atomic E-state index is 12.5. The Bertz CT molecular complexity index is 967. The molecule has 0 unspecified atom stereocenters. The van der Waals surface area contributed by atoms with Crippen LogP contribution < -0.4 is 5.32 Å². The van der Waals surface area contributed by atoms with Crippen molar-refractivity contribution in [1.29, 1.82) is 0 Å². The smallest absolute Gasteiger partial charge is 0.385 e. The van der Waals surface area contributed by atoms with Gasteiger partial charge in [-0.15, -0.1) is 0 Å². The second kappa shape index (κ2) is 6.76. The van der Waals surface area contributed by atoms with Gasteiger partial charge in [-0.25, -0.2) is 4.98 Å². The molecule has 5 nitrogen and oxygen atoms in total. The van der Waals surface area contributed by atoms with Crippen LogP contribution in [0.1, 0.15) is 44.2 Å². The Kier molecular flexibility index (Phi) is 4.55. The molecule has 2 heterocycles. The molecule has 2 aromatic heterocycles. The Hall–Kier alpha value is -2.19. The van der Waals surface area contributed by atoms with Crippen molar-refractivity contribution in [2.24, 2.45) is 0 Å². The maximum atomic E-state index is 12.5. The van der Waals surface area contributed by atoms with E-state index in [9.17, 15) is 18.3 Å². The van der Waals surface area contributed by atoms with Crippen molar-refractivity contribution in [2.45, 2.75) is 50.6 Å². The van der Waals surface area contributed by atoms with E-state index in [4.69, 9.17) is 0 Å². The van der Waals surface area contributed by atoms with Gasteiger partial charge in [0.05, 0.1) is 23.8 Å². The summed E-state index contributed by atoms with van der Waals surface area (Å²) >= 11 is 0. The van der Waals surface area contributed by atoms with E-state index < -0.39 is 18.8 Å². The summed E-state index contributed by atoms with van der Waals surface area (Å²) in [4.78, 5) is 8.99. The molecular formula is C19H21F3N4O. The summed E-state index contributed by atoms with van der Waals surface area (Å²) < 4.78 is 39.6. The highest BCUT2D eigenvalue weighted by Crippen LogP contribution is 2.37. The molecule has 144 valence electrons. The van der Waals surface area contributed by atoms with Crippen molar-refractivity contribution in [3.63, 3.8) is 0 Å². The van der Waals surface area contributed by atoms with Crippen LogP contribution in [0.4, 0.5) is 13.2 Å². The SMILES string of the molecule is C[C@@H](O)c1nc2cnc3ccccc3c2n1[C@H]1CC[C@@H](NCC(F)(F)F)C1. The molecule has 1 fully saturated rings. The third-order valence-corrected chi connectivity index (χ3v) is 5.19. The number of hydrogen-bond donors (Lipinski definition) is 2. The van der Waals surface area contributed by atoms with Gasteiger partial charge in [0.25, 0.3) is 0 Å². The number of hydrogen-bond acceptors (Lipinski definition) is 4. The third-order valence-electron chi connectivity index (χ3n) is 5.19. The van der Waals surface area contributed by atoms with Crippen LogP contribution in [0.15, 0.2) is 30.5 Å². The number of fused-ring (bicyclic) bond motifs is 3. The first-order valence-corrected chi connectivity index (χ1v) is 9.07. The lowest BCUT2D eigenvalue weighted by Crippen LogP contribution is -2.35. The molecule has 27 heavy (non-hydrogen) atoms. The average molecular weight is 378 g/mol. The van der Waals surface area contributed by atoms with Crippen LogP contribution >= 0.6 is 0 Å². The van der Waals surface area contributed by atoms with Crippen LogP contribution in [0.25, 0.3) is 21.9 Å². The van der Waals surface area contributed by atoms with Crippen molar-refractivity contribution in [2.75, 3.05) is 6.54 Å². The fraction of sp³-hybridized carbons (Fsp3) is 0.474. The molecule has 0 radical (unpaired) electrons. The molecule has 2 N–H and O–H groups in total. The lowest BCUT2D eigenvalue weighted by Gasteiger charge is -2.20. The molecular weight excluding hydrogens is 357 g/mol. The number of alkyl halides is 3. The van der Waals surface area contributed by atoms with Crippen LogP contribution in [0.2, 0.25) is 0 Å². The Morgan fingerprint density at radius 1 is 1.26 bits per heavy atom. The molecule has 8 heteroatoms. The number of nitrogens with one attached hydrogen (secondary N) is 1. The minimum Gasteiger partial charge on any atom is -0.385 e. The monoisotopic (exact) mass is 378 g/mol. The van der Waals surface area contributed by atoms with Crippen molar-refractivity contribution >= 4 is 21.9 Å². The zero-order valence-corrected chi connectivity index (χ0v) is 14.9. The third kappa shape index (κ3) is 3.51. The van der Waals surface area contributed by atoms with Crippen LogP contribution in [-0.4, -0.2) is 38.4 Å². The van der Waals surface area contributed by atoms with E-state index in [1.165, 1.54) is 0 Å². The van der Waals surface area contributed by atoms with E-state index in [-0.39, 0.29) is 12.1 Å². The van der Waals surface area contributed by atoms with Crippen molar-refractivity contribution in [3.05, 3.63) is 36.3 Å². The van der Waals surface area contributed by atoms with E-state index in [1.807, 2.05) is 28.8 Å². The van der Waals surface area contributed by atoms with Crippen molar-refractivity contribution < 1.29 is 18.3 Å². The highest BCUT2D eigenvalue weighted by Gasteiger charge is 2.33. The number of aromatic nitrogens is 3. The van der Waals surface area contributed by atoms with E-state index in [2.05, 4.69) is 15.3 Å². The molecule has 0 amide bonds. The first kappa shape index (κ1) is 18.2. The molecule has 0 spiro atoms.